The lowest BCUT2D eigenvalue weighted by molar-refractivity contribution is -0.00672. The molecular formula is C14H30N2O. The van der Waals surface area contributed by atoms with E-state index in [0.29, 0.717) is 12.1 Å². The van der Waals surface area contributed by atoms with Crippen LogP contribution < -0.4 is 5.32 Å². The average Bonchev–Trinajstić information content (AvgIpc) is 2.31. The van der Waals surface area contributed by atoms with Gasteiger partial charge in [-0.05, 0) is 18.8 Å². The zero-order valence-corrected chi connectivity index (χ0v) is 12.0. The summed E-state index contributed by atoms with van der Waals surface area (Å²) in [6.45, 7) is 14.3. The monoisotopic (exact) mass is 242 g/mol. The van der Waals surface area contributed by atoms with E-state index >= 15 is 0 Å². The molecule has 1 fully saturated rings. The lowest BCUT2D eigenvalue weighted by atomic mass is 10.1. The van der Waals surface area contributed by atoms with Gasteiger partial charge in [-0.15, -0.1) is 0 Å². The standard InChI is InChI=1S/C14H30N2O/c1-5-13(6-2)16(10-12(3)4)11-14-9-15-7-8-17-14/h12-15H,5-11H2,1-4H3. The Hall–Kier alpha value is -0.120. The lowest BCUT2D eigenvalue weighted by Crippen LogP contribution is -2.48. The van der Waals surface area contributed by atoms with E-state index in [4.69, 9.17) is 4.74 Å². The first kappa shape index (κ1) is 14.9. The highest BCUT2D eigenvalue weighted by atomic mass is 16.5. The molecule has 1 unspecified atom stereocenters. The Morgan fingerprint density at radius 2 is 2.00 bits per heavy atom. The van der Waals surface area contributed by atoms with Crippen LogP contribution in [0.1, 0.15) is 40.5 Å². The molecule has 0 spiro atoms. The zero-order valence-electron chi connectivity index (χ0n) is 12.0. The van der Waals surface area contributed by atoms with Gasteiger partial charge in [0.1, 0.15) is 0 Å². The molecule has 1 atom stereocenters. The highest BCUT2D eigenvalue weighted by Gasteiger charge is 2.22. The summed E-state index contributed by atoms with van der Waals surface area (Å²) in [5.41, 5.74) is 0. The molecule has 3 heteroatoms. The van der Waals surface area contributed by atoms with Gasteiger partial charge in [-0.3, -0.25) is 4.90 Å². The second kappa shape index (κ2) is 8.06. The Balaban J connectivity index is 2.48. The largest absolute Gasteiger partial charge is 0.374 e. The van der Waals surface area contributed by atoms with Crippen LogP contribution >= 0.6 is 0 Å². The third-order valence-electron chi connectivity index (χ3n) is 3.50. The van der Waals surface area contributed by atoms with Crippen LogP contribution in [0.25, 0.3) is 0 Å². The molecule has 0 amide bonds. The van der Waals surface area contributed by atoms with Gasteiger partial charge in [-0.2, -0.15) is 0 Å². The Bertz CT molecular complexity index is 187. The summed E-state index contributed by atoms with van der Waals surface area (Å²) in [7, 11) is 0. The second-order valence-electron chi connectivity index (χ2n) is 5.51. The van der Waals surface area contributed by atoms with E-state index in [1.165, 1.54) is 19.4 Å². The van der Waals surface area contributed by atoms with Crippen molar-refractivity contribution in [2.24, 2.45) is 5.92 Å². The maximum absolute atomic E-state index is 5.82. The van der Waals surface area contributed by atoms with E-state index in [-0.39, 0.29) is 0 Å². The van der Waals surface area contributed by atoms with E-state index in [1.807, 2.05) is 0 Å². The molecule has 1 rings (SSSR count). The summed E-state index contributed by atoms with van der Waals surface area (Å²) in [6, 6.07) is 0.711. The molecule has 0 aliphatic carbocycles. The molecule has 102 valence electrons. The maximum Gasteiger partial charge on any atom is 0.0826 e. The van der Waals surface area contributed by atoms with Gasteiger partial charge in [0.2, 0.25) is 0 Å². The van der Waals surface area contributed by atoms with Crippen molar-refractivity contribution in [3.8, 4) is 0 Å². The van der Waals surface area contributed by atoms with Crippen LogP contribution in [-0.4, -0.2) is 49.8 Å². The van der Waals surface area contributed by atoms with Crippen molar-refractivity contribution in [2.75, 3.05) is 32.8 Å². The van der Waals surface area contributed by atoms with Crippen LogP contribution in [0.4, 0.5) is 0 Å². The molecule has 0 bridgehead atoms. The first-order chi connectivity index (χ1) is 8.17. The third-order valence-corrected chi connectivity index (χ3v) is 3.50. The Morgan fingerprint density at radius 1 is 1.29 bits per heavy atom. The number of ether oxygens (including phenoxy) is 1. The number of nitrogens with one attached hydrogen (secondary N) is 1. The van der Waals surface area contributed by atoms with Crippen LogP contribution in [0.5, 0.6) is 0 Å². The smallest absolute Gasteiger partial charge is 0.0826 e. The minimum absolute atomic E-state index is 0.378. The molecule has 0 saturated carbocycles. The average molecular weight is 242 g/mol. The van der Waals surface area contributed by atoms with Gasteiger partial charge in [0.15, 0.2) is 0 Å². The SMILES string of the molecule is CCC(CC)N(CC(C)C)CC1CNCCO1. The van der Waals surface area contributed by atoms with Gasteiger partial charge < -0.3 is 10.1 Å². The van der Waals surface area contributed by atoms with Crippen LogP contribution in [0.3, 0.4) is 0 Å². The molecule has 1 heterocycles. The van der Waals surface area contributed by atoms with Crippen molar-refractivity contribution in [1.82, 2.24) is 10.2 Å². The first-order valence-corrected chi connectivity index (χ1v) is 7.23. The molecule has 0 radical (unpaired) electrons. The minimum Gasteiger partial charge on any atom is -0.374 e. The molecule has 1 aliphatic heterocycles. The predicted molar refractivity (Wildman–Crippen MR) is 73.4 cm³/mol. The Labute approximate surface area is 107 Å². The summed E-state index contributed by atoms with van der Waals surface area (Å²) in [4.78, 5) is 2.63. The Kier molecular flexibility index (Phi) is 7.09. The number of hydrogen-bond acceptors (Lipinski definition) is 3. The van der Waals surface area contributed by atoms with Crippen LogP contribution in [-0.2, 0) is 4.74 Å². The summed E-state index contributed by atoms with van der Waals surface area (Å²) in [5.74, 6) is 0.729. The number of nitrogens with zero attached hydrogens (tertiary/aromatic N) is 1. The normalized spacial score (nSPS) is 21.7. The quantitative estimate of drug-likeness (QED) is 0.740. The molecular weight excluding hydrogens is 212 g/mol. The van der Waals surface area contributed by atoms with Gasteiger partial charge in [-0.25, -0.2) is 0 Å². The molecule has 1 N–H and O–H groups in total. The first-order valence-electron chi connectivity index (χ1n) is 7.23. The molecule has 1 aliphatic rings. The molecule has 0 aromatic heterocycles. The van der Waals surface area contributed by atoms with E-state index < -0.39 is 0 Å². The highest BCUT2D eigenvalue weighted by Crippen LogP contribution is 2.13. The molecule has 17 heavy (non-hydrogen) atoms. The van der Waals surface area contributed by atoms with Crippen molar-refractivity contribution in [1.29, 1.82) is 0 Å². The zero-order chi connectivity index (χ0) is 12.7. The number of hydrogen-bond donors (Lipinski definition) is 1. The van der Waals surface area contributed by atoms with Gasteiger partial charge in [0, 0.05) is 32.2 Å². The van der Waals surface area contributed by atoms with Gasteiger partial charge in [-0.1, -0.05) is 27.7 Å². The van der Waals surface area contributed by atoms with E-state index in [0.717, 1.165) is 32.2 Å². The summed E-state index contributed by atoms with van der Waals surface area (Å²) in [6.07, 6.45) is 2.86. The van der Waals surface area contributed by atoms with E-state index in [9.17, 15) is 0 Å². The van der Waals surface area contributed by atoms with Crippen LogP contribution in [0.2, 0.25) is 0 Å². The van der Waals surface area contributed by atoms with Gasteiger partial charge in [0.05, 0.1) is 12.7 Å². The molecule has 0 aromatic rings. The Morgan fingerprint density at radius 3 is 2.47 bits per heavy atom. The summed E-state index contributed by atoms with van der Waals surface area (Å²) >= 11 is 0. The van der Waals surface area contributed by atoms with Crippen LogP contribution in [0, 0.1) is 5.92 Å². The second-order valence-corrected chi connectivity index (χ2v) is 5.51. The molecule has 0 aromatic carbocycles. The van der Waals surface area contributed by atoms with Crippen molar-refractivity contribution in [2.45, 2.75) is 52.7 Å². The third kappa shape index (κ3) is 5.36. The molecule has 1 saturated heterocycles. The highest BCUT2D eigenvalue weighted by molar-refractivity contribution is 4.77. The van der Waals surface area contributed by atoms with E-state index in [2.05, 4.69) is 37.9 Å². The fourth-order valence-electron chi connectivity index (χ4n) is 2.65. The van der Waals surface area contributed by atoms with Crippen molar-refractivity contribution < 1.29 is 4.74 Å². The topological polar surface area (TPSA) is 24.5 Å². The minimum atomic E-state index is 0.378. The van der Waals surface area contributed by atoms with Crippen molar-refractivity contribution >= 4 is 0 Å². The molecule has 3 nitrogen and oxygen atoms in total. The maximum atomic E-state index is 5.82. The van der Waals surface area contributed by atoms with Gasteiger partial charge in [0.25, 0.3) is 0 Å². The van der Waals surface area contributed by atoms with Crippen molar-refractivity contribution in [3.63, 3.8) is 0 Å². The fourth-order valence-corrected chi connectivity index (χ4v) is 2.65. The van der Waals surface area contributed by atoms with Crippen molar-refractivity contribution in [3.05, 3.63) is 0 Å². The fraction of sp³-hybridized carbons (Fsp3) is 1.00. The lowest BCUT2D eigenvalue weighted by Gasteiger charge is -2.36. The van der Waals surface area contributed by atoms with E-state index in [1.54, 1.807) is 0 Å². The van der Waals surface area contributed by atoms with Crippen LogP contribution in [0.15, 0.2) is 0 Å². The summed E-state index contributed by atoms with van der Waals surface area (Å²) in [5, 5.41) is 3.42. The number of rotatable bonds is 7. The summed E-state index contributed by atoms with van der Waals surface area (Å²) < 4.78 is 5.82. The van der Waals surface area contributed by atoms with Gasteiger partial charge >= 0.3 is 0 Å². The predicted octanol–water partition coefficient (Wildman–Crippen LogP) is 2.12. The number of morpholine rings is 1.